The summed E-state index contributed by atoms with van der Waals surface area (Å²) in [6, 6.07) is 4.13. The molecular formula is C18H20N6OS. The second kappa shape index (κ2) is 6.05. The Balaban J connectivity index is 1.31. The van der Waals surface area contributed by atoms with Crippen molar-refractivity contribution in [2.75, 3.05) is 13.1 Å². The van der Waals surface area contributed by atoms with Crippen molar-refractivity contribution in [1.82, 2.24) is 29.4 Å². The fourth-order valence-corrected chi connectivity index (χ4v) is 4.48. The normalized spacial score (nSPS) is 20.0. The van der Waals surface area contributed by atoms with Crippen LogP contribution in [0.1, 0.15) is 52.3 Å². The number of carbonyl (C=O) groups is 1. The zero-order valence-corrected chi connectivity index (χ0v) is 15.4. The number of carbonyl (C=O) groups excluding carboxylic acids is 1. The molecule has 2 aliphatic rings. The van der Waals surface area contributed by atoms with E-state index in [0.29, 0.717) is 12.5 Å². The summed E-state index contributed by atoms with van der Waals surface area (Å²) >= 11 is 1.45. The van der Waals surface area contributed by atoms with Crippen LogP contribution in [0.4, 0.5) is 0 Å². The first-order valence-corrected chi connectivity index (χ1v) is 9.82. The lowest BCUT2D eigenvalue weighted by Gasteiger charge is -2.15. The van der Waals surface area contributed by atoms with Gasteiger partial charge in [0.1, 0.15) is 4.88 Å². The number of aromatic nitrogens is 5. The fourth-order valence-electron chi connectivity index (χ4n) is 3.47. The molecule has 1 atom stereocenters. The van der Waals surface area contributed by atoms with Gasteiger partial charge in [0.2, 0.25) is 0 Å². The molecule has 0 spiro atoms. The van der Waals surface area contributed by atoms with E-state index in [1.807, 2.05) is 45.6 Å². The van der Waals surface area contributed by atoms with Crippen LogP contribution in [-0.2, 0) is 0 Å². The molecule has 0 bridgehead atoms. The van der Waals surface area contributed by atoms with Gasteiger partial charge >= 0.3 is 0 Å². The molecule has 1 aliphatic carbocycles. The van der Waals surface area contributed by atoms with Gasteiger partial charge in [0.05, 0.1) is 17.4 Å². The van der Waals surface area contributed by atoms with Gasteiger partial charge in [-0.3, -0.25) is 4.79 Å². The molecule has 1 saturated heterocycles. The smallest absolute Gasteiger partial charge is 0.265 e. The third-order valence-corrected chi connectivity index (χ3v) is 6.31. The van der Waals surface area contributed by atoms with Crippen LogP contribution in [0.3, 0.4) is 0 Å². The monoisotopic (exact) mass is 368 g/mol. The Kier molecular flexibility index (Phi) is 3.66. The van der Waals surface area contributed by atoms with E-state index >= 15 is 0 Å². The van der Waals surface area contributed by atoms with Gasteiger partial charge in [-0.1, -0.05) is 16.6 Å². The summed E-state index contributed by atoms with van der Waals surface area (Å²) in [5.41, 5.74) is 1.90. The summed E-state index contributed by atoms with van der Waals surface area (Å²) < 4.78 is 3.89. The first-order valence-electron chi connectivity index (χ1n) is 9.01. The van der Waals surface area contributed by atoms with Gasteiger partial charge in [-0.2, -0.15) is 0 Å². The second-order valence-corrected chi connectivity index (χ2v) is 8.07. The van der Waals surface area contributed by atoms with Crippen LogP contribution >= 0.6 is 11.3 Å². The lowest BCUT2D eigenvalue weighted by molar-refractivity contribution is 0.0790. The average Bonchev–Trinajstić information content (AvgIpc) is 3.15. The SMILES string of the molecule is Cc1nc(-n2cccc2)sc1C(=O)N1CC[C@@H](n2cc(C3CC3)nn2)C1. The molecule has 3 aromatic heterocycles. The van der Waals surface area contributed by atoms with E-state index in [1.165, 1.54) is 24.2 Å². The third-order valence-electron chi connectivity index (χ3n) is 5.15. The molecule has 0 unspecified atom stereocenters. The highest BCUT2D eigenvalue weighted by Crippen LogP contribution is 2.39. The minimum absolute atomic E-state index is 0.0726. The highest BCUT2D eigenvalue weighted by molar-refractivity contribution is 7.16. The zero-order chi connectivity index (χ0) is 17.7. The lowest BCUT2D eigenvalue weighted by atomic mass is 10.2. The number of nitrogens with zero attached hydrogens (tertiary/aromatic N) is 6. The van der Waals surface area contributed by atoms with Crippen LogP contribution in [0.25, 0.3) is 5.13 Å². The average molecular weight is 368 g/mol. The molecule has 2 fully saturated rings. The molecule has 3 aromatic rings. The number of hydrogen-bond donors (Lipinski definition) is 0. The van der Waals surface area contributed by atoms with Crippen molar-refractivity contribution in [3.8, 4) is 5.13 Å². The predicted octanol–water partition coefficient (Wildman–Crippen LogP) is 2.80. The van der Waals surface area contributed by atoms with E-state index < -0.39 is 0 Å². The molecule has 1 saturated carbocycles. The lowest BCUT2D eigenvalue weighted by Crippen LogP contribution is -2.29. The van der Waals surface area contributed by atoms with Gasteiger partial charge in [0.15, 0.2) is 5.13 Å². The highest BCUT2D eigenvalue weighted by Gasteiger charge is 2.32. The standard InChI is InChI=1S/C18H20N6OS/c1-12-16(26-18(19-12)22-7-2-3-8-22)17(25)23-9-6-14(10-23)24-11-15(20-21-24)13-4-5-13/h2-3,7-8,11,13-14H,4-6,9-10H2,1H3/t14-/m1/s1. The van der Waals surface area contributed by atoms with Crippen molar-refractivity contribution >= 4 is 17.2 Å². The molecule has 0 N–H and O–H groups in total. The van der Waals surface area contributed by atoms with Crippen molar-refractivity contribution in [3.05, 3.63) is 47.0 Å². The Bertz CT molecular complexity index is 939. The Morgan fingerprint density at radius 1 is 1.23 bits per heavy atom. The zero-order valence-electron chi connectivity index (χ0n) is 14.6. The van der Waals surface area contributed by atoms with Gasteiger partial charge in [0.25, 0.3) is 5.91 Å². The van der Waals surface area contributed by atoms with Crippen molar-refractivity contribution in [2.24, 2.45) is 0 Å². The molecule has 26 heavy (non-hydrogen) atoms. The van der Waals surface area contributed by atoms with Crippen LogP contribution in [0.2, 0.25) is 0 Å². The van der Waals surface area contributed by atoms with E-state index in [4.69, 9.17) is 0 Å². The molecule has 134 valence electrons. The Labute approximate surface area is 155 Å². The predicted molar refractivity (Wildman–Crippen MR) is 97.7 cm³/mol. The second-order valence-electron chi connectivity index (χ2n) is 7.09. The molecule has 0 radical (unpaired) electrons. The molecule has 7 nitrogen and oxygen atoms in total. The van der Waals surface area contributed by atoms with Crippen molar-refractivity contribution < 1.29 is 4.79 Å². The number of aryl methyl sites for hydroxylation is 1. The number of hydrogen-bond acceptors (Lipinski definition) is 5. The van der Waals surface area contributed by atoms with Gasteiger partial charge < -0.3 is 9.47 Å². The van der Waals surface area contributed by atoms with Crippen LogP contribution in [0, 0.1) is 6.92 Å². The van der Waals surface area contributed by atoms with E-state index in [0.717, 1.165) is 34.4 Å². The molecule has 4 heterocycles. The maximum Gasteiger partial charge on any atom is 0.265 e. The van der Waals surface area contributed by atoms with Crippen LogP contribution in [0.5, 0.6) is 0 Å². The topological polar surface area (TPSA) is 68.8 Å². The molecule has 1 amide bonds. The maximum absolute atomic E-state index is 13.0. The summed E-state index contributed by atoms with van der Waals surface area (Å²) in [5.74, 6) is 0.679. The number of likely N-dealkylation sites (tertiary alicyclic amines) is 1. The summed E-state index contributed by atoms with van der Waals surface area (Å²) in [6.45, 7) is 3.34. The van der Waals surface area contributed by atoms with Crippen LogP contribution in [-0.4, -0.2) is 48.4 Å². The number of rotatable bonds is 4. The Morgan fingerprint density at radius 3 is 2.81 bits per heavy atom. The van der Waals surface area contributed by atoms with E-state index in [1.54, 1.807) is 0 Å². The van der Waals surface area contributed by atoms with Gasteiger partial charge in [-0.05, 0) is 38.3 Å². The van der Waals surface area contributed by atoms with Crippen molar-refractivity contribution in [3.63, 3.8) is 0 Å². The minimum atomic E-state index is 0.0726. The molecule has 5 rings (SSSR count). The molecule has 1 aliphatic heterocycles. The van der Waals surface area contributed by atoms with E-state index in [2.05, 4.69) is 21.5 Å². The van der Waals surface area contributed by atoms with Crippen molar-refractivity contribution in [2.45, 2.75) is 38.1 Å². The largest absolute Gasteiger partial charge is 0.336 e. The highest BCUT2D eigenvalue weighted by atomic mass is 32.1. The quantitative estimate of drug-likeness (QED) is 0.710. The first-order chi connectivity index (χ1) is 12.7. The maximum atomic E-state index is 13.0. The fraction of sp³-hybridized carbons (Fsp3) is 0.444. The summed E-state index contributed by atoms with van der Waals surface area (Å²) in [5, 5.41) is 9.42. The first kappa shape index (κ1) is 15.7. The van der Waals surface area contributed by atoms with Crippen LogP contribution < -0.4 is 0 Å². The third kappa shape index (κ3) is 2.74. The number of thiazole rings is 1. The van der Waals surface area contributed by atoms with Crippen LogP contribution in [0.15, 0.2) is 30.7 Å². The summed E-state index contributed by atoms with van der Waals surface area (Å²) in [4.78, 5) is 20.2. The van der Waals surface area contributed by atoms with Gasteiger partial charge in [0, 0.05) is 37.6 Å². The Morgan fingerprint density at radius 2 is 2.04 bits per heavy atom. The molecular weight excluding hydrogens is 348 g/mol. The van der Waals surface area contributed by atoms with E-state index in [-0.39, 0.29) is 11.9 Å². The van der Waals surface area contributed by atoms with Gasteiger partial charge in [-0.15, -0.1) is 5.10 Å². The van der Waals surface area contributed by atoms with Crippen molar-refractivity contribution in [1.29, 1.82) is 0 Å². The van der Waals surface area contributed by atoms with E-state index in [9.17, 15) is 4.79 Å². The molecule has 0 aromatic carbocycles. The summed E-state index contributed by atoms with van der Waals surface area (Å²) in [6.07, 6.45) is 9.33. The minimum Gasteiger partial charge on any atom is -0.336 e. The van der Waals surface area contributed by atoms with Gasteiger partial charge in [-0.25, -0.2) is 9.67 Å². The molecule has 8 heteroatoms. The Hall–Kier alpha value is -2.48. The summed E-state index contributed by atoms with van der Waals surface area (Å²) in [7, 11) is 0. The number of amides is 1.